The van der Waals surface area contributed by atoms with E-state index in [9.17, 15) is 8.42 Å². The summed E-state index contributed by atoms with van der Waals surface area (Å²) in [5, 5.41) is 0. The third-order valence-electron chi connectivity index (χ3n) is 2.26. The third kappa shape index (κ3) is 5.61. The average molecular weight is 295 g/mol. The molecule has 6 heteroatoms. The summed E-state index contributed by atoms with van der Waals surface area (Å²) in [6, 6.07) is 5.34. The van der Waals surface area contributed by atoms with Gasteiger partial charge < -0.3 is 5.73 Å². The number of benzene rings is 1. The van der Waals surface area contributed by atoms with Crippen LogP contribution in [0.4, 0.5) is 5.69 Å². The molecule has 5 nitrogen and oxygen atoms in total. The van der Waals surface area contributed by atoms with Crippen molar-refractivity contribution in [2.45, 2.75) is 33.2 Å². The number of hydrogen-bond donors (Lipinski definition) is 3. The van der Waals surface area contributed by atoms with Crippen molar-refractivity contribution in [1.82, 2.24) is 4.72 Å². The van der Waals surface area contributed by atoms with Gasteiger partial charge in [-0.25, -0.2) is 0 Å². The first-order valence-electron chi connectivity index (χ1n) is 6.24. The van der Waals surface area contributed by atoms with Crippen molar-refractivity contribution in [2.75, 3.05) is 11.3 Å². The lowest BCUT2D eigenvalue weighted by Crippen LogP contribution is -2.43. The summed E-state index contributed by atoms with van der Waals surface area (Å²) < 4.78 is 29.1. The number of anilines is 1. The molecular weight excluding hydrogens is 274 g/mol. The van der Waals surface area contributed by atoms with Gasteiger partial charge in [-0.15, -0.1) is 0 Å². The fourth-order valence-electron chi connectivity index (χ4n) is 1.54. The van der Waals surface area contributed by atoms with Crippen molar-refractivity contribution < 1.29 is 8.42 Å². The fraction of sp³-hybridized carbons (Fsp3) is 0.429. The molecule has 0 saturated heterocycles. The van der Waals surface area contributed by atoms with Crippen LogP contribution < -0.4 is 15.2 Å². The number of rotatable bonds is 3. The Bertz CT molecular complexity index is 635. The van der Waals surface area contributed by atoms with Crippen LogP contribution in [0.2, 0.25) is 0 Å². The van der Waals surface area contributed by atoms with Gasteiger partial charge in [0.15, 0.2) is 0 Å². The molecule has 0 radical (unpaired) electrons. The Morgan fingerprint density at radius 2 is 1.95 bits per heavy atom. The number of hydrogen-bond acceptors (Lipinski definition) is 3. The van der Waals surface area contributed by atoms with E-state index in [1.54, 1.807) is 26.8 Å². The minimum absolute atomic E-state index is 0.264. The highest BCUT2D eigenvalue weighted by molar-refractivity contribution is 7.90. The molecule has 0 atom stereocenters. The Labute approximate surface area is 121 Å². The summed E-state index contributed by atoms with van der Waals surface area (Å²) >= 11 is 0. The van der Waals surface area contributed by atoms with Crippen molar-refractivity contribution in [3.8, 4) is 11.8 Å². The van der Waals surface area contributed by atoms with Gasteiger partial charge in [-0.2, -0.15) is 13.1 Å². The maximum atomic E-state index is 12.0. The molecule has 1 aromatic carbocycles. The van der Waals surface area contributed by atoms with Crippen LogP contribution in [-0.4, -0.2) is 20.5 Å². The smallest absolute Gasteiger partial charge is 0.299 e. The topological polar surface area (TPSA) is 84.2 Å². The summed E-state index contributed by atoms with van der Waals surface area (Å²) in [6.07, 6.45) is 0. The summed E-state index contributed by atoms with van der Waals surface area (Å²) in [5.41, 5.74) is 6.82. The van der Waals surface area contributed by atoms with E-state index in [1.807, 2.05) is 19.1 Å². The van der Waals surface area contributed by atoms with Crippen LogP contribution in [0.25, 0.3) is 0 Å². The van der Waals surface area contributed by atoms with Gasteiger partial charge in [-0.05, 0) is 45.4 Å². The van der Waals surface area contributed by atoms with E-state index in [-0.39, 0.29) is 6.54 Å². The normalized spacial score (nSPS) is 11.7. The highest BCUT2D eigenvalue weighted by Crippen LogP contribution is 2.18. The zero-order valence-corrected chi connectivity index (χ0v) is 13.1. The summed E-state index contributed by atoms with van der Waals surface area (Å²) in [4.78, 5) is 0. The molecule has 0 fully saturated rings. The van der Waals surface area contributed by atoms with E-state index in [2.05, 4.69) is 21.3 Å². The highest BCUT2D eigenvalue weighted by Gasteiger charge is 2.20. The summed E-state index contributed by atoms with van der Waals surface area (Å²) in [7, 11) is -3.62. The van der Waals surface area contributed by atoms with Crippen molar-refractivity contribution in [3.05, 3.63) is 29.3 Å². The molecule has 0 aliphatic carbocycles. The SMILES string of the molecule is Cc1ccc(C#CCN)cc1NS(=O)(=O)NC(C)(C)C. The second-order valence-electron chi connectivity index (χ2n) is 5.49. The largest absolute Gasteiger partial charge is 0.320 e. The minimum atomic E-state index is -3.62. The van der Waals surface area contributed by atoms with Gasteiger partial charge in [-0.1, -0.05) is 17.9 Å². The molecule has 1 aromatic rings. The van der Waals surface area contributed by atoms with Gasteiger partial charge in [0.1, 0.15) is 0 Å². The van der Waals surface area contributed by atoms with E-state index in [4.69, 9.17) is 5.73 Å². The standard InChI is InChI=1S/C14H21N3O2S/c1-11-7-8-12(6-5-9-15)10-13(11)16-20(18,19)17-14(2,3)4/h7-8,10,16-17H,9,15H2,1-4H3. The molecule has 110 valence electrons. The van der Waals surface area contributed by atoms with Gasteiger partial charge in [0.2, 0.25) is 0 Å². The lowest BCUT2D eigenvalue weighted by molar-refractivity contribution is 0.494. The first-order valence-corrected chi connectivity index (χ1v) is 7.72. The summed E-state index contributed by atoms with van der Waals surface area (Å²) in [5.74, 6) is 5.61. The monoisotopic (exact) mass is 295 g/mol. The average Bonchev–Trinajstić information content (AvgIpc) is 2.26. The third-order valence-corrected chi connectivity index (χ3v) is 3.63. The predicted molar refractivity (Wildman–Crippen MR) is 82.5 cm³/mol. The maximum Gasteiger partial charge on any atom is 0.299 e. The van der Waals surface area contributed by atoms with Crippen molar-refractivity contribution in [2.24, 2.45) is 5.73 Å². The Hall–Kier alpha value is -1.55. The molecule has 0 heterocycles. The van der Waals surface area contributed by atoms with E-state index in [0.717, 1.165) is 11.1 Å². The highest BCUT2D eigenvalue weighted by atomic mass is 32.2. The van der Waals surface area contributed by atoms with E-state index >= 15 is 0 Å². The molecule has 20 heavy (non-hydrogen) atoms. The van der Waals surface area contributed by atoms with Crippen LogP contribution in [0.15, 0.2) is 18.2 Å². The predicted octanol–water partition coefficient (Wildman–Crippen LogP) is 1.35. The zero-order chi connectivity index (χ0) is 15.4. The van der Waals surface area contributed by atoms with Gasteiger partial charge >= 0.3 is 0 Å². The van der Waals surface area contributed by atoms with E-state index in [1.165, 1.54) is 0 Å². The lowest BCUT2D eigenvalue weighted by atomic mass is 10.1. The molecule has 0 aromatic heterocycles. The number of nitrogens with one attached hydrogen (secondary N) is 2. The molecule has 0 amide bonds. The Morgan fingerprint density at radius 3 is 2.50 bits per heavy atom. The van der Waals surface area contributed by atoms with Gasteiger partial charge in [0.25, 0.3) is 10.2 Å². The molecule has 0 saturated carbocycles. The second-order valence-corrected chi connectivity index (χ2v) is 6.91. The molecule has 1 rings (SSSR count). The minimum Gasteiger partial charge on any atom is -0.320 e. The van der Waals surface area contributed by atoms with Crippen LogP contribution >= 0.6 is 0 Å². The van der Waals surface area contributed by atoms with Gasteiger partial charge in [-0.3, -0.25) is 4.72 Å². The van der Waals surface area contributed by atoms with Crippen LogP contribution in [0.5, 0.6) is 0 Å². The Balaban J connectivity index is 3.03. The quantitative estimate of drug-likeness (QED) is 0.736. The van der Waals surface area contributed by atoms with Crippen LogP contribution in [0.1, 0.15) is 31.9 Å². The van der Waals surface area contributed by atoms with Gasteiger partial charge in [0.05, 0.1) is 12.2 Å². The lowest BCUT2D eigenvalue weighted by Gasteiger charge is -2.21. The van der Waals surface area contributed by atoms with E-state index < -0.39 is 15.7 Å². The first-order chi connectivity index (χ1) is 9.13. The van der Waals surface area contributed by atoms with Gasteiger partial charge in [0, 0.05) is 11.1 Å². The molecule has 0 aliphatic heterocycles. The molecule has 4 N–H and O–H groups in total. The Kier molecular flexibility index (Phi) is 5.17. The van der Waals surface area contributed by atoms with Crippen molar-refractivity contribution >= 4 is 15.9 Å². The molecule has 0 aliphatic rings. The first kappa shape index (κ1) is 16.5. The molecular formula is C14H21N3O2S. The summed E-state index contributed by atoms with van der Waals surface area (Å²) in [6.45, 7) is 7.43. The zero-order valence-electron chi connectivity index (χ0n) is 12.2. The molecule has 0 spiro atoms. The van der Waals surface area contributed by atoms with Crippen molar-refractivity contribution in [3.63, 3.8) is 0 Å². The van der Waals surface area contributed by atoms with Crippen LogP contribution in [0, 0.1) is 18.8 Å². The second kappa shape index (κ2) is 6.27. The number of aryl methyl sites for hydroxylation is 1. The Morgan fingerprint density at radius 1 is 1.30 bits per heavy atom. The van der Waals surface area contributed by atoms with Crippen LogP contribution in [-0.2, 0) is 10.2 Å². The fourth-order valence-corrected chi connectivity index (χ4v) is 2.90. The van der Waals surface area contributed by atoms with E-state index in [0.29, 0.717) is 5.69 Å². The van der Waals surface area contributed by atoms with Crippen molar-refractivity contribution in [1.29, 1.82) is 0 Å². The molecule has 0 bridgehead atoms. The number of nitrogens with two attached hydrogens (primary N) is 1. The maximum absolute atomic E-state index is 12.0. The molecule has 0 unspecified atom stereocenters. The van der Waals surface area contributed by atoms with Crippen LogP contribution in [0.3, 0.4) is 0 Å².